The molecule has 1 unspecified atom stereocenters. The molecular weight excluding hydrogens is 264 g/mol. The van der Waals surface area contributed by atoms with Gasteiger partial charge >= 0.3 is 12.0 Å². The lowest BCUT2D eigenvalue weighted by Crippen LogP contribution is -2.52. The van der Waals surface area contributed by atoms with Gasteiger partial charge in [0.2, 0.25) is 0 Å². The maximum absolute atomic E-state index is 12.1. The molecule has 2 heterocycles. The summed E-state index contributed by atoms with van der Waals surface area (Å²) in [4.78, 5) is 31.7. The van der Waals surface area contributed by atoms with Crippen molar-refractivity contribution in [3.63, 3.8) is 0 Å². The highest BCUT2D eigenvalue weighted by molar-refractivity contribution is 5.83. The molecule has 8 nitrogen and oxygen atoms in total. The number of hydrogen-bond acceptors (Lipinski definition) is 4. The van der Waals surface area contributed by atoms with Crippen molar-refractivity contribution in [2.75, 3.05) is 19.8 Å². The van der Waals surface area contributed by atoms with Gasteiger partial charge in [-0.25, -0.2) is 14.6 Å². The number of ether oxygens (including phenoxy) is 1. The first-order valence-corrected chi connectivity index (χ1v) is 6.49. The van der Waals surface area contributed by atoms with Crippen LogP contribution < -0.4 is 5.32 Å². The highest BCUT2D eigenvalue weighted by Crippen LogP contribution is 2.20. The SMILES string of the molecule is CCOCCNC(=O)N1Cc2[nH]cnc2CC1C(=O)O. The van der Waals surface area contributed by atoms with Crippen LogP contribution in [-0.2, 0) is 22.5 Å². The lowest BCUT2D eigenvalue weighted by molar-refractivity contribution is -0.142. The zero-order valence-corrected chi connectivity index (χ0v) is 11.3. The molecule has 1 aliphatic heterocycles. The van der Waals surface area contributed by atoms with Crippen molar-refractivity contribution >= 4 is 12.0 Å². The molecule has 0 saturated carbocycles. The molecule has 2 rings (SSSR count). The number of amides is 2. The van der Waals surface area contributed by atoms with Crippen LogP contribution in [0.25, 0.3) is 0 Å². The molecule has 1 aromatic heterocycles. The summed E-state index contributed by atoms with van der Waals surface area (Å²) in [6.45, 7) is 3.42. The van der Waals surface area contributed by atoms with E-state index in [-0.39, 0.29) is 13.0 Å². The summed E-state index contributed by atoms with van der Waals surface area (Å²) in [5, 5.41) is 11.9. The minimum absolute atomic E-state index is 0.215. The average molecular weight is 282 g/mol. The highest BCUT2D eigenvalue weighted by atomic mass is 16.5. The standard InChI is InChI=1S/C12H18N4O4/c1-2-20-4-3-13-12(19)16-6-9-8(14-7-15-9)5-10(16)11(17)18/h7,10H,2-6H2,1H3,(H,13,19)(H,14,15)(H,17,18). The zero-order valence-electron chi connectivity index (χ0n) is 11.3. The number of carbonyl (C=O) groups is 2. The molecule has 0 aromatic carbocycles. The number of carboxylic acids is 1. The van der Waals surface area contributed by atoms with Crippen LogP contribution in [0.2, 0.25) is 0 Å². The molecule has 110 valence electrons. The van der Waals surface area contributed by atoms with Crippen molar-refractivity contribution in [3.8, 4) is 0 Å². The third kappa shape index (κ3) is 3.08. The molecule has 0 bridgehead atoms. The fourth-order valence-electron chi connectivity index (χ4n) is 2.15. The van der Waals surface area contributed by atoms with Crippen molar-refractivity contribution in [3.05, 3.63) is 17.7 Å². The summed E-state index contributed by atoms with van der Waals surface area (Å²) < 4.78 is 5.12. The van der Waals surface area contributed by atoms with Crippen molar-refractivity contribution < 1.29 is 19.4 Å². The van der Waals surface area contributed by atoms with Crippen molar-refractivity contribution in [1.29, 1.82) is 0 Å². The van der Waals surface area contributed by atoms with E-state index in [1.54, 1.807) is 0 Å². The van der Waals surface area contributed by atoms with Crippen molar-refractivity contribution in [2.45, 2.75) is 25.9 Å². The van der Waals surface area contributed by atoms with Gasteiger partial charge in [-0.2, -0.15) is 0 Å². The summed E-state index contributed by atoms with van der Waals surface area (Å²) in [5.74, 6) is -1.03. The number of carboxylic acid groups (broad SMARTS) is 1. The molecule has 1 aromatic rings. The Hall–Kier alpha value is -2.09. The zero-order chi connectivity index (χ0) is 14.5. The molecule has 2 amide bonds. The second kappa shape index (κ2) is 6.38. The lowest BCUT2D eigenvalue weighted by Gasteiger charge is -2.32. The van der Waals surface area contributed by atoms with Gasteiger partial charge in [0.25, 0.3) is 0 Å². The first-order valence-electron chi connectivity index (χ1n) is 6.49. The third-order valence-electron chi connectivity index (χ3n) is 3.17. The second-order valence-corrected chi connectivity index (χ2v) is 4.44. The van der Waals surface area contributed by atoms with E-state index >= 15 is 0 Å². The predicted octanol–water partition coefficient (Wildman–Crippen LogP) is -0.0329. The number of aromatic nitrogens is 2. The Morgan fingerprint density at radius 1 is 1.65 bits per heavy atom. The highest BCUT2D eigenvalue weighted by Gasteiger charge is 2.35. The van der Waals surface area contributed by atoms with Gasteiger partial charge in [-0.3, -0.25) is 0 Å². The van der Waals surface area contributed by atoms with Gasteiger partial charge < -0.3 is 25.0 Å². The maximum atomic E-state index is 12.1. The number of imidazole rings is 1. The van der Waals surface area contributed by atoms with Crippen molar-refractivity contribution in [2.24, 2.45) is 0 Å². The van der Waals surface area contributed by atoms with E-state index < -0.39 is 18.0 Å². The van der Waals surface area contributed by atoms with E-state index in [1.165, 1.54) is 11.2 Å². The topological polar surface area (TPSA) is 108 Å². The number of H-pyrrole nitrogens is 1. The molecule has 0 fully saturated rings. The number of fused-ring (bicyclic) bond motifs is 1. The van der Waals surface area contributed by atoms with Crippen LogP contribution in [0.1, 0.15) is 18.3 Å². The number of aromatic amines is 1. The summed E-state index contributed by atoms with van der Waals surface area (Å²) in [5.41, 5.74) is 1.48. The number of rotatable bonds is 5. The molecule has 0 radical (unpaired) electrons. The lowest BCUT2D eigenvalue weighted by atomic mass is 10.0. The van der Waals surface area contributed by atoms with E-state index in [4.69, 9.17) is 4.74 Å². The first-order chi connectivity index (χ1) is 9.63. The van der Waals surface area contributed by atoms with E-state index in [2.05, 4.69) is 15.3 Å². The molecule has 1 atom stereocenters. The van der Waals surface area contributed by atoms with Gasteiger partial charge in [-0.05, 0) is 6.92 Å². The van der Waals surface area contributed by atoms with Gasteiger partial charge in [0.1, 0.15) is 6.04 Å². The van der Waals surface area contributed by atoms with Gasteiger partial charge in [-0.15, -0.1) is 0 Å². The number of nitrogens with one attached hydrogen (secondary N) is 2. The van der Waals surface area contributed by atoms with E-state index in [9.17, 15) is 14.7 Å². The Balaban J connectivity index is 2.01. The summed E-state index contributed by atoms with van der Waals surface area (Å²) >= 11 is 0. The number of nitrogens with zero attached hydrogens (tertiary/aromatic N) is 2. The van der Waals surface area contributed by atoms with E-state index in [0.717, 1.165) is 5.69 Å². The second-order valence-electron chi connectivity index (χ2n) is 4.44. The quantitative estimate of drug-likeness (QED) is 0.657. The Kier molecular flexibility index (Phi) is 4.57. The Morgan fingerprint density at radius 3 is 3.15 bits per heavy atom. The Morgan fingerprint density at radius 2 is 2.45 bits per heavy atom. The number of urea groups is 1. The van der Waals surface area contributed by atoms with Gasteiger partial charge in [-0.1, -0.05) is 0 Å². The average Bonchev–Trinajstić information content (AvgIpc) is 2.89. The molecule has 0 spiro atoms. The van der Waals surface area contributed by atoms with Crippen LogP contribution >= 0.6 is 0 Å². The molecule has 0 saturated heterocycles. The smallest absolute Gasteiger partial charge is 0.326 e. The van der Waals surface area contributed by atoms with Crippen LogP contribution in [0.4, 0.5) is 4.79 Å². The van der Waals surface area contributed by atoms with Crippen LogP contribution in [0, 0.1) is 0 Å². The third-order valence-corrected chi connectivity index (χ3v) is 3.17. The minimum Gasteiger partial charge on any atom is -0.480 e. The molecule has 1 aliphatic rings. The van der Waals surface area contributed by atoms with Gasteiger partial charge in [0.15, 0.2) is 0 Å². The van der Waals surface area contributed by atoms with Crippen LogP contribution in [-0.4, -0.2) is 57.8 Å². The minimum atomic E-state index is -1.03. The van der Waals surface area contributed by atoms with Crippen molar-refractivity contribution in [1.82, 2.24) is 20.2 Å². The van der Waals surface area contributed by atoms with Crippen LogP contribution in [0.15, 0.2) is 6.33 Å². The molecular formula is C12H18N4O4. The summed E-state index contributed by atoms with van der Waals surface area (Å²) in [7, 11) is 0. The molecule has 0 aliphatic carbocycles. The molecule has 3 N–H and O–H groups in total. The summed E-state index contributed by atoms with van der Waals surface area (Å²) in [6, 6.07) is -1.30. The predicted molar refractivity (Wildman–Crippen MR) is 69.2 cm³/mol. The molecule has 8 heteroatoms. The summed E-state index contributed by atoms with van der Waals surface area (Å²) in [6.07, 6.45) is 1.73. The van der Waals surface area contributed by atoms with Gasteiger partial charge in [0, 0.05) is 19.6 Å². The maximum Gasteiger partial charge on any atom is 0.326 e. The Labute approximate surface area is 116 Å². The number of hydrogen-bond donors (Lipinski definition) is 3. The van der Waals surface area contributed by atoms with Gasteiger partial charge in [0.05, 0.1) is 30.9 Å². The Bertz CT molecular complexity index is 488. The normalized spacial score (nSPS) is 17.6. The number of carbonyl (C=O) groups excluding carboxylic acids is 1. The first kappa shape index (κ1) is 14.3. The fourth-order valence-corrected chi connectivity index (χ4v) is 2.15. The number of aliphatic carboxylic acids is 1. The monoisotopic (exact) mass is 282 g/mol. The van der Waals surface area contributed by atoms with E-state index in [1.807, 2.05) is 6.92 Å². The largest absolute Gasteiger partial charge is 0.480 e. The molecule has 20 heavy (non-hydrogen) atoms. The van der Waals surface area contributed by atoms with Crippen LogP contribution in [0.3, 0.4) is 0 Å². The van der Waals surface area contributed by atoms with Crippen LogP contribution in [0.5, 0.6) is 0 Å². The fraction of sp³-hybridized carbons (Fsp3) is 0.583. The van der Waals surface area contributed by atoms with E-state index in [0.29, 0.717) is 25.5 Å².